The third-order valence-electron chi connectivity index (χ3n) is 7.05. The van der Waals surface area contributed by atoms with Gasteiger partial charge in [0.2, 0.25) is 0 Å². The van der Waals surface area contributed by atoms with Gasteiger partial charge in [0.05, 0.1) is 0 Å². The van der Waals surface area contributed by atoms with Crippen molar-refractivity contribution in [2.75, 3.05) is 0 Å². The van der Waals surface area contributed by atoms with Gasteiger partial charge >= 0.3 is 0 Å². The monoisotopic (exact) mass is 446 g/mol. The lowest BCUT2D eigenvalue weighted by Crippen LogP contribution is -2.27. The van der Waals surface area contributed by atoms with Gasteiger partial charge in [0.25, 0.3) is 0 Å². The van der Waals surface area contributed by atoms with E-state index < -0.39 is 5.41 Å². The van der Waals surface area contributed by atoms with E-state index in [-0.39, 0.29) is 23.2 Å². The van der Waals surface area contributed by atoms with Gasteiger partial charge in [-0.25, -0.2) is 0 Å². The minimum Gasteiger partial charge on any atom is -0.508 e. The number of hydrogen-bond acceptors (Lipinski definition) is 3. The summed E-state index contributed by atoms with van der Waals surface area (Å²) in [4.78, 5) is 0. The average Bonchev–Trinajstić information content (AvgIpc) is 2.79. The lowest BCUT2D eigenvalue weighted by atomic mass is 9.67. The number of phenolic OH excluding ortho intramolecular Hbond substituents is 3. The third-order valence-corrected chi connectivity index (χ3v) is 7.05. The Morgan fingerprint density at radius 2 is 1.52 bits per heavy atom. The molecule has 3 aromatic carbocycles. The van der Waals surface area contributed by atoms with Crippen LogP contribution in [0.1, 0.15) is 88.8 Å². The Labute approximate surface area is 198 Å². The van der Waals surface area contributed by atoms with Gasteiger partial charge in [-0.15, -0.1) is 0 Å². The molecule has 0 amide bonds. The Kier molecular flexibility index (Phi) is 7.73. The van der Waals surface area contributed by atoms with Crippen LogP contribution in [0.3, 0.4) is 0 Å². The van der Waals surface area contributed by atoms with Crippen LogP contribution in [0.5, 0.6) is 17.2 Å². The van der Waals surface area contributed by atoms with Crippen LogP contribution in [0.15, 0.2) is 60.7 Å². The lowest BCUT2D eigenvalue weighted by molar-refractivity contribution is 0.352. The van der Waals surface area contributed by atoms with Gasteiger partial charge in [-0.1, -0.05) is 89.9 Å². The zero-order valence-electron chi connectivity index (χ0n) is 20.6. The van der Waals surface area contributed by atoms with Crippen molar-refractivity contribution in [3.8, 4) is 28.4 Å². The van der Waals surface area contributed by atoms with Crippen molar-refractivity contribution in [2.24, 2.45) is 0 Å². The molecule has 176 valence electrons. The molecule has 0 heterocycles. The number of rotatable bonds is 9. The number of para-hydroxylation sites is 1. The first kappa shape index (κ1) is 24.7. The summed E-state index contributed by atoms with van der Waals surface area (Å²) in [7, 11) is 0. The molecule has 3 aromatic rings. The van der Waals surface area contributed by atoms with Gasteiger partial charge in [0.1, 0.15) is 17.2 Å². The quantitative estimate of drug-likeness (QED) is 0.290. The molecule has 0 aliphatic carbocycles. The molecular weight excluding hydrogens is 408 g/mol. The predicted octanol–water partition coefficient (Wildman–Crippen LogP) is 8.24. The van der Waals surface area contributed by atoms with Crippen molar-refractivity contribution in [1.29, 1.82) is 0 Å². The standard InChI is InChI=1S/C30H38O3/c1-6-10-20(3)21-12-8-13-22(18-21)24-14-9-15-27(29(24)33)30(4,5)26(11-7-2)25-19-23(31)16-17-28(25)32/h8-9,12-20,26,31-33H,6-7,10-11H2,1-5H3. The fourth-order valence-corrected chi connectivity index (χ4v) is 5.11. The summed E-state index contributed by atoms with van der Waals surface area (Å²) in [6, 6.07) is 19.1. The number of aromatic hydroxyl groups is 3. The average molecular weight is 447 g/mol. The van der Waals surface area contributed by atoms with E-state index in [9.17, 15) is 15.3 Å². The van der Waals surface area contributed by atoms with Crippen LogP contribution in [0.4, 0.5) is 0 Å². The van der Waals surface area contributed by atoms with Crippen molar-refractivity contribution >= 4 is 0 Å². The molecule has 33 heavy (non-hydrogen) atoms. The summed E-state index contributed by atoms with van der Waals surface area (Å²) < 4.78 is 0. The summed E-state index contributed by atoms with van der Waals surface area (Å²) in [5.74, 6) is 0.984. The SMILES string of the molecule is CCCC(C)c1cccc(-c2cccc(C(C)(C)C(CCC)c3cc(O)ccc3O)c2O)c1. The van der Waals surface area contributed by atoms with Crippen molar-refractivity contribution in [3.05, 3.63) is 77.4 Å². The molecule has 0 saturated heterocycles. The second-order valence-corrected chi connectivity index (χ2v) is 9.82. The van der Waals surface area contributed by atoms with Crippen molar-refractivity contribution in [1.82, 2.24) is 0 Å². The maximum atomic E-state index is 11.5. The van der Waals surface area contributed by atoms with E-state index in [0.29, 0.717) is 11.5 Å². The minimum absolute atomic E-state index is 0.0772. The zero-order valence-corrected chi connectivity index (χ0v) is 20.6. The highest BCUT2D eigenvalue weighted by molar-refractivity contribution is 5.73. The van der Waals surface area contributed by atoms with Crippen molar-refractivity contribution in [2.45, 2.75) is 77.6 Å². The van der Waals surface area contributed by atoms with Crippen molar-refractivity contribution < 1.29 is 15.3 Å². The summed E-state index contributed by atoms with van der Waals surface area (Å²) >= 11 is 0. The highest BCUT2D eigenvalue weighted by Gasteiger charge is 2.36. The normalized spacial score (nSPS) is 13.6. The van der Waals surface area contributed by atoms with Gasteiger partial charge < -0.3 is 15.3 Å². The fourth-order valence-electron chi connectivity index (χ4n) is 5.11. The molecular formula is C30H38O3. The molecule has 0 aliphatic heterocycles. The Bertz CT molecular complexity index is 1080. The van der Waals surface area contributed by atoms with Gasteiger partial charge in [0, 0.05) is 22.1 Å². The molecule has 0 spiro atoms. The largest absolute Gasteiger partial charge is 0.508 e. The molecule has 3 nitrogen and oxygen atoms in total. The zero-order chi connectivity index (χ0) is 24.2. The van der Waals surface area contributed by atoms with E-state index >= 15 is 0 Å². The van der Waals surface area contributed by atoms with E-state index in [0.717, 1.165) is 42.4 Å². The summed E-state index contributed by atoms with van der Waals surface area (Å²) in [5, 5.41) is 32.2. The maximum absolute atomic E-state index is 11.5. The van der Waals surface area contributed by atoms with Crippen LogP contribution in [0, 0.1) is 0 Å². The summed E-state index contributed by atoms with van der Waals surface area (Å²) in [6.45, 7) is 10.8. The van der Waals surface area contributed by atoms with Gasteiger partial charge in [-0.05, 0) is 54.0 Å². The number of phenols is 3. The van der Waals surface area contributed by atoms with E-state index in [1.165, 1.54) is 11.6 Å². The van der Waals surface area contributed by atoms with E-state index in [1.807, 2.05) is 18.2 Å². The fraction of sp³-hybridized carbons (Fsp3) is 0.400. The Morgan fingerprint density at radius 3 is 2.21 bits per heavy atom. The van der Waals surface area contributed by atoms with Gasteiger partial charge in [-0.3, -0.25) is 0 Å². The molecule has 0 bridgehead atoms. The predicted molar refractivity (Wildman–Crippen MR) is 137 cm³/mol. The Morgan fingerprint density at radius 1 is 0.818 bits per heavy atom. The topological polar surface area (TPSA) is 60.7 Å². The second kappa shape index (κ2) is 10.3. The first-order valence-electron chi connectivity index (χ1n) is 12.1. The van der Waals surface area contributed by atoms with E-state index in [4.69, 9.17) is 0 Å². The van der Waals surface area contributed by atoms with Gasteiger partial charge in [0.15, 0.2) is 0 Å². The molecule has 0 radical (unpaired) electrons. The third kappa shape index (κ3) is 5.19. The second-order valence-electron chi connectivity index (χ2n) is 9.82. The lowest BCUT2D eigenvalue weighted by Gasteiger charge is -2.36. The number of hydrogen-bond donors (Lipinski definition) is 3. The van der Waals surface area contributed by atoms with Crippen LogP contribution in [-0.2, 0) is 5.41 Å². The Balaban J connectivity index is 2.09. The number of benzene rings is 3. The van der Waals surface area contributed by atoms with Crippen LogP contribution < -0.4 is 0 Å². The molecule has 0 saturated carbocycles. The molecule has 2 atom stereocenters. The van der Waals surface area contributed by atoms with E-state index in [1.54, 1.807) is 12.1 Å². The van der Waals surface area contributed by atoms with Crippen LogP contribution in [0.2, 0.25) is 0 Å². The first-order valence-corrected chi connectivity index (χ1v) is 12.1. The maximum Gasteiger partial charge on any atom is 0.127 e. The molecule has 3 N–H and O–H groups in total. The summed E-state index contributed by atoms with van der Waals surface area (Å²) in [6.07, 6.45) is 4.01. The van der Waals surface area contributed by atoms with Crippen molar-refractivity contribution in [3.63, 3.8) is 0 Å². The van der Waals surface area contributed by atoms with Crippen LogP contribution >= 0.6 is 0 Å². The van der Waals surface area contributed by atoms with Crippen LogP contribution in [0.25, 0.3) is 11.1 Å². The first-order chi connectivity index (χ1) is 15.7. The molecule has 0 fully saturated rings. The highest BCUT2D eigenvalue weighted by Crippen LogP contribution is 2.49. The highest BCUT2D eigenvalue weighted by atomic mass is 16.3. The summed E-state index contributed by atoms with van der Waals surface area (Å²) in [5.41, 5.74) is 4.19. The Hall–Kier alpha value is -2.94. The van der Waals surface area contributed by atoms with E-state index in [2.05, 4.69) is 58.9 Å². The molecule has 3 rings (SSSR count). The molecule has 3 heteroatoms. The van der Waals surface area contributed by atoms with Gasteiger partial charge in [-0.2, -0.15) is 0 Å². The minimum atomic E-state index is -0.478. The molecule has 0 aliphatic rings. The molecule has 0 aromatic heterocycles. The smallest absolute Gasteiger partial charge is 0.127 e. The van der Waals surface area contributed by atoms with Crippen LogP contribution in [-0.4, -0.2) is 15.3 Å². The molecule has 2 unspecified atom stereocenters.